The summed E-state index contributed by atoms with van der Waals surface area (Å²) in [5, 5.41) is 1.91. The van der Waals surface area contributed by atoms with Gasteiger partial charge in [-0.25, -0.2) is 0 Å². The van der Waals surface area contributed by atoms with Crippen LogP contribution in [0.25, 0.3) is 0 Å². The van der Waals surface area contributed by atoms with Crippen LogP contribution >= 0.6 is 0 Å². The molecule has 1 amide bonds. The van der Waals surface area contributed by atoms with Gasteiger partial charge in [0.15, 0.2) is 0 Å². The van der Waals surface area contributed by atoms with E-state index in [4.69, 9.17) is 0 Å². The molecule has 1 aromatic rings. The van der Waals surface area contributed by atoms with E-state index in [1.54, 1.807) is 0 Å². The van der Waals surface area contributed by atoms with Crippen molar-refractivity contribution in [3.8, 4) is 0 Å². The molecule has 1 rings (SSSR count). The van der Waals surface area contributed by atoms with Crippen LogP contribution in [0, 0.1) is 0 Å². The molecule has 0 aliphatic carbocycles. The van der Waals surface area contributed by atoms with E-state index >= 15 is 0 Å². The number of halogens is 3. The Morgan fingerprint density at radius 3 is 2.35 bits per heavy atom. The Morgan fingerprint density at radius 1 is 1.29 bits per heavy atom. The summed E-state index contributed by atoms with van der Waals surface area (Å²) in [5.41, 5.74) is 0.928. The summed E-state index contributed by atoms with van der Waals surface area (Å²) in [7, 11) is 0. The molecule has 1 N–H and O–H groups in total. The summed E-state index contributed by atoms with van der Waals surface area (Å²) in [4.78, 5) is 10.7. The maximum absolute atomic E-state index is 12.0. The Labute approximate surface area is 97.8 Å². The van der Waals surface area contributed by atoms with Crippen LogP contribution < -0.4 is 5.32 Å². The van der Waals surface area contributed by atoms with Crippen LogP contribution in [-0.4, -0.2) is 18.6 Å². The normalized spacial score (nSPS) is 13.2. The number of alkyl halides is 3. The number of carbonyl (C=O) groups excluding carboxylic acids is 1. The third-order valence-corrected chi connectivity index (χ3v) is 2.53. The highest BCUT2D eigenvalue weighted by molar-refractivity contribution is 5.81. The van der Waals surface area contributed by atoms with Crippen LogP contribution in [0.1, 0.15) is 24.8 Å². The van der Waals surface area contributed by atoms with E-state index in [0.717, 1.165) is 5.56 Å². The molecule has 0 heterocycles. The second-order valence-electron chi connectivity index (χ2n) is 3.72. The first-order chi connectivity index (χ1) is 7.95. The Kier molecular flexibility index (Phi) is 4.54. The lowest BCUT2D eigenvalue weighted by Gasteiger charge is -2.16. The highest BCUT2D eigenvalue weighted by Gasteiger charge is 2.38. The average Bonchev–Trinajstić information content (AvgIpc) is 2.29. The zero-order valence-electron chi connectivity index (χ0n) is 9.42. The summed E-state index contributed by atoms with van der Waals surface area (Å²) in [6.45, 7) is 1.87. The molecule has 17 heavy (non-hydrogen) atoms. The van der Waals surface area contributed by atoms with E-state index in [9.17, 15) is 18.0 Å². The molecular formula is C12H14F3NO. The van der Waals surface area contributed by atoms with Gasteiger partial charge in [-0.15, -0.1) is 0 Å². The lowest BCUT2D eigenvalue weighted by atomic mass is 9.96. The number of hydrogen-bond acceptors (Lipinski definition) is 1. The Bertz CT molecular complexity index is 362. The number of hydrogen-bond donors (Lipinski definition) is 1. The van der Waals surface area contributed by atoms with E-state index in [0.29, 0.717) is 6.42 Å². The first kappa shape index (κ1) is 13.5. The van der Waals surface area contributed by atoms with Crippen LogP contribution in [0.3, 0.4) is 0 Å². The highest BCUT2D eigenvalue weighted by atomic mass is 19.4. The Balaban J connectivity index is 2.58. The molecule has 0 radical (unpaired) electrons. The minimum Gasteiger partial charge on any atom is -0.348 e. The SMILES string of the molecule is CCC(CNC(=O)C(F)(F)F)c1ccccc1. The van der Waals surface area contributed by atoms with Gasteiger partial charge in [-0.1, -0.05) is 37.3 Å². The molecule has 0 aliphatic rings. The fraction of sp³-hybridized carbons (Fsp3) is 0.417. The summed E-state index contributed by atoms with van der Waals surface area (Å²) in [6, 6.07) is 9.17. The molecule has 0 bridgehead atoms. The molecule has 0 saturated carbocycles. The van der Waals surface area contributed by atoms with Gasteiger partial charge >= 0.3 is 12.1 Å². The third-order valence-electron chi connectivity index (χ3n) is 2.53. The van der Waals surface area contributed by atoms with E-state index in [1.807, 2.05) is 42.6 Å². The van der Waals surface area contributed by atoms with E-state index < -0.39 is 12.1 Å². The van der Waals surface area contributed by atoms with Crippen LogP contribution in [0.5, 0.6) is 0 Å². The van der Waals surface area contributed by atoms with Crippen molar-refractivity contribution in [2.45, 2.75) is 25.4 Å². The topological polar surface area (TPSA) is 29.1 Å². The number of carbonyl (C=O) groups is 1. The van der Waals surface area contributed by atoms with Gasteiger partial charge in [0.2, 0.25) is 0 Å². The molecule has 1 aromatic carbocycles. The summed E-state index contributed by atoms with van der Waals surface area (Å²) in [6.07, 6.45) is -4.14. The van der Waals surface area contributed by atoms with E-state index in [1.165, 1.54) is 0 Å². The minimum atomic E-state index is -4.81. The maximum atomic E-state index is 12.0. The molecular weight excluding hydrogens is 231 g/mol. The molecule has 5 heteroatoms. The van der Waals surface area contributed by atoms with Crippen molar-refractivity contribution in [1.82, 2.24) is 5.32 Å². The van der Waals surface area contributed by atoms with Gasteiger partial charge in [0.1, 0.15) is 0 Å². The van der Waals surface area contributed by atoms with Crippen molar-refractivity contribution in [2.24, 2.45) is 0 Å². The van der Waals surface area contributed by atoms with Crippen LogP contribution in [0.2, 0.25) is 0 Å². The van der Waals surface area contributed by atoms with Crippen LogP contribution in [0.15, 0.2) is 30.3 Å². The van der Waals surface area contributed by atoms with Crippen molar-refractivity contribution in [3.63, 3.8) is 0 Å². The number of nitrogens with one attached hydrogen (secondary N) is 1. The third kappa shape index (κ3) is 4.09. The Morgan fingerprint density at radius 2 is 1.88 bits per heavy atom. The molecule has 0 fully saturated rings. The number of rotatable bonds is 4. The molecule has 0 spiro atoms. The van der Waals surface area contributed by atoms with Gasteiger partial charge in [-0.05, 0) is 12.0 Å². The second kappa shape index (κ2) is 5.70. The molecule has 1 atom stereocenters. The van der Waals surface area contributed by atoms with E-state index in [-0.39, 0.29) is 12.5 Å². The number of amides is 1. The molecule has 0 aliphatic heterocycles. The molecule has 94 valence electrons. The zero-order chi connectivity index (χ0) is 12.9. The average molecular weight is 245 g/mol. The summed E-state index contributed by atoms with van der Waals surface area (Å²) < 4.78 is 36.0. The fourth-order valence-electron chi connectivity index (χ4n) is 1.54. The van der Waals surface area contributed by atoms with Crippen molar-refractivity contribution < 1.29 is 18.0 Å². The van der Waals surface area contributed by atoms with Crippen molar-refractivity contribution in [1.29, 1.82) is 0 Å². The largest absolute Gasteiger partial charge is 0.471 e. The fourth-order valence-corrected chi connectivity index (χ4v) is 1.54. The van der Waals surface area contributed by atoms with Gasteiger partial charge in [0.25, 0.3) is 0 Å². The lowest BCUT2D eigenvalue weighted by Crippen LogP contribution is -2.38. The quantitative estimate of drug-likeness (QED) is 0.868. The standard InChI is InChI=1S/C12H14F3NO/c1-2-9(10-6-4-3-5-7-10)8-16-11(17)12(13,14)15/h3-7,9H,2,8H2,1H3,(H,16,17). The Hall–Kier alpha value is -1.52. The van der Waals surface area contributed by atoms with E-state index in [2.05, 4.69) is 0 Å². The van der Waals surface area contributed by atoms with Crippen LogP contribution in [0.4, 0.5) is 13.2 Å². The summed E-state index contributed by atoms with van der Waals surface area (Å²) in [5.74, 6) is -1.98. The first-order valence-corrected chi connectivity index (χ1v) is 5.35. The molecule has 2 nitrogen and oxygen atoms in total. The second-order valence-corrected chi connectivity index (χ2v) is 3.72. The van der Waals surface area contributed by atoms with Gasteiger partial charge in [0, 0.05) is 12.5 Å². The smallest absolute Gasteiger partial charge is 0.348 e. The lowest BCUT2D eigenvalue weighted by molar-refractivity contribution is -0.173. The monoisotopic (exact) mass is 245 g/mol. The maximum Gasteiger partial charge on any atom is 0.471 e. The molecule has 1 unspecified atom stereocenters. The van der Waals surface area contributed by atoms with Gasteiger partial charge in [-0.3, -0.25) is 4.79 Å². The molecule has 0 aromatic heterocycles. The van der Waals surface area contributed by atoms with Gasteiger partial charge in [-0.2, -0.15) is 13.2 Å². The van der Waals surface area contributed by atoms with Gasteiger partial charge < -0.3 is 5.32 Å². The predicted molar refractivity (Wildman–Crippen MR) is 58.5 cm³/mol. The minimum absolute atomic E-state index is 0.00113. The number of benzene rings is 1. The first-order valence-electron chi connectivity index (χ1n) is 5.35. The van der Waals surface area contributed by atoms with Gasteiger partial charge in [0.05, 0.1) is 0 Å². The highest BCUT2D eigenvalue weighted by Crippen LogP contribution is 2.19. The van der Waals surface area contributed by atoms with Crippen molar-refractivity contribution >= 4 is 5.91 Å². The molecule has 0 saturated heterocycles. The predicted octanol–water partition coefficient (Wildman–Crippen LogP) is 2.86. The zero-order valence-corrected chi connectivity index (χ0v) is 9.42. The van der Waals surface area contributed by atoms with Crippen LogP contribution in [-0.2, 0) is 4.79 Å². The summed E-state index contributed by atoms with van der Waals surface area (Å²) >= 11 is 0. The van der Waals surface area contributed by atoms with Crippen molar-refractivity contribution in [2.75, 3.05) is 6.54 Å². The van der Waals surface area contributed by atoms with Crippen molar-refractivity contribution in [3.05, 3.63) is 35.9 Å².